The maximum absolute atomic E-state index is 12.0. The highest BCUT2D eigenvalue weighted by Crippen LogP contribution is 2.23. The van der Waals surface area contributed by atoms with E-state index in [2.05, 4.69) is 13.8 Å². The minimum Gasteiger partial charge on any atom is -0.330 e. The van der Waals surface area contributed by atoms with Crippen molar-refractivity contribution in [1.29, 1.82) is 0 Å². The fourth-order valence-electron chi connectivity index (χ4n) is 2.22. The Hall–Kier alpha value is -2.17. The molecular formula is C16H19NO4. The summed E-state index contributed by atoms with van der Waals surface area (Å²) < 4.78 is 0. The second-order valence-electron chi connectivity index (χ2n) is 5.55. The van der Waals surface area contributed by atoms with Crippen LogP contribution in [0.4, 0.5) is 0 Å². The van der Waals surface area contributed by atoms with Crippen LogP contribution in [-0.2, 0) is 9.63 Å². The number of benzene rings is 1. The molecule has 0 spiro atoms. The summed E-state index contributed by atoms with van der Waals surface area (Å²) in [5.41, 5.74) is 0.546. The van der Waals surface area contributed by atoms with Crippen LogP contribution < -0.4 is 0 Å². The molecule has 0 unspecified atom stereocenters. The molecule has 0 bridgehead atoms. The highest BCUT2D eigenvalue weighted by atomic mass is 16.7. The van der Waals surface area contributed by atoms with Crippen LogP contribution in [0.1, 0.15) is 60.2 Å². The topological polar surface area (TPSA) is 63.7 Å². The molecule has 5 heteroatoms. The van der Waals surface area contributed by atoms with Crippen LogP contribution in [0.5, 0.6) is 0 Å². The molecule has 0 aliphatic carbocycles. The van der Waals surface area contributed by atoms with Crippen molar-refractivity contribution < 1.29 is 19.2 Å². The molecule has 1 aromatic rings. The van der Waals surface area contributed by atoms with Crippen LogP contribution >= 0.6 is 0 Å². The van der Waals surface area contributed by atoms with Gasteiger partial charge >= 0.3 is 5.97 Å². The smallest absolute Gasteiger partial charge is 0.330 e. The molecule has 21 heavy (non-hydrogen) atoms. The normalized spacial score (nSPS) is 13.8. The van der Waals surface area contributed by atoms with Gasteiger partial charge in [0.2, 0.25) is 0 Å². The summed E-state index contributed by atoms with van der Waals surface area (Å²) in [4.78, 5) is 40.6. The van der Waals surface area contributed by atoms with Gasteiger partial charge in [-0.2, -0.15) is 0 Å². The van der Waals surface area contributed by atoms with E-state index in [0.717, 1.165) is 12.8 Å². The molecule has 1 aliphatic heterocycles. The van der Waals surface area contributed by atoms with Gasteiger partial charge in [0, 0.05) is 6.42 Å². The van der Waals surface area contributed by atoms with E-state index >= 15 is 0 Å². The first-order valence-electron chi connectivity index (χ1n) is 7.19. The van der Waals surface area contributed by atoms with Crippen molar-refractivity contribution in [2.24, 2.45) is 5.92 Å². The molecule has 0 radical (unpaired) electrons. The van der Waals surface area contributed by atoms with Gasteiger partial charge in [0.05, 0.1) is 11.1 Å². The lowest BCUT2D eigenvalue weighted by Gasteiger charge is -2.12. The van der Waals surface area contributed by atoms with Gasteiger partial charge in [-0.3, -0.25) is 9.59 Å². The van der Waals surface area contributed by atoms with E-state index in [-0.39, 0.29) is 17.5 Å². The maximum atomic E-state index is 12.0. The third-order valence-electron chi connectivity index (χ3n) is 3.36. The van der Waals surface area contributed by atoms with Crippen molar-refractivity contribution in [3.8, 4) is 0 Å². The molecule has 0 atom stereocenters. The number of carbonyl (C=O) groups is 3. The van der Waals surface area contributed by atoms with E-state index in [1.54, 1.807) is 24.3 Å². The van der Waals surface area contributed by atoms with E-state index in [0.29, 0.717) is 17.4 Å². The number of hydroxylamine groups is 2. The molecule has 0 aromatic heterocycles. The molecule has 0 fully saturated rings. The Morgan fingerprint density at radius 2 is 1.67 bits per heavy atom. The molecule has 0 saturated carbocycles. The Kier molecular flexibility index (Phi) is 4.73. The van der Waals surface area contributed by atoms with E-state index in [1.165, 1.54) is 0 Å². The summed E-state index contributed by atoms with van der Waals surface area (Å²) in [5.74, 6) is -1.11. The second-order valence-corrected chi connectivity index (χ2v) is 5.55. The van der Waals surface area contributed by atoms with Crippen LogP contribution in [0, 0.1) is 5.92 Å². The monoisotopic (exact) mass is 289 g/mol. The van der Waals surface area contributed by atoms with Crippen LogP contribution in [-0.4, -0.2) is 22.8 Å². The number of carbonyl (C=O) groups excluding carboxylic acids is 3. The quantitative estimate of drug-likeness (QED) is 0.596. The Labute approximate surface area is 123 Å². The molecule has 2 amide bonds. The molecule has 1 heterocycles. The number of rotatable bonds is 6. The predicted octanol–water partition coefficient (Wildman–Crippen LogP) is 2.96. The van der Waals surface area contributed by atoms with Crippen LogP contribution in [0.3, 0.4) is 0 Å². The average Bonchev–Trinajstić information content (AvgIpc) is 2.69. The highest BCUT2D eigenvalue weighted by Gasteiger charge is 2.38. The molecule has 112 valence electrons. The maximum Gasteiger partial charge on any atom is 0.333 e. The van der Waals surface area contributed by atoms with E-state index in [4.69, 9.17) is 4.84 Å². The molecule has 0 N–H and O–H groups in total. The Morgan fingerprint density at radius 1 is 1.10 bits per heavy atom. The minimum atomic E-state index is -0.578. The zero-order valence-corrected chi connectivity index (χ0v) is 12.3. The Balaban J connectivity index is 1.88. The number of nitrogens with zero attached hydrogens (tertiary/aromatic N) is 1. The van der Waals surface area contributed by atoms with Crippen molar-refractivity contribution in [2.45, 2.75) is 39.5 Å². The van der Waals surface area contributed by atoms with Gasteiger partial charge in [0.25, 0.3) is 11.8 Å². The first-order chi connectivity index (χ1) is 10.0. The fourth-order valence-corrected chi connectivity index (χ4v) is 2.22. The summed E-state index contributed by atoms with van der Waals surface area (Å²) in [6, 6.07) is 6.43. The average molecular weight is 289 g/mol. The molecule has 2 rings (SSSR count). The lowest BCUT2D eigenvalue weighted by molar-refractivity contribution is -0.168. The summed E-state index contributed by atoms with van der Waals surface area (Å²) in [6.07, 6.45) is 2.87. The van der Waals surface area contributed by atoms with Gasteiger partial charge in [-0.25, -0.2) is 4.79 Å². The first-order valence-corrected chi connectivity index (χ1v) is 7.19. The standard InChI is InChI=1S/C16H19NO4/c1-11(2)7-3-6-10-14(18)21-17-15(19)12-8-4-5-9-13(12)16(17)20/h4-5,8-9,11H,3,6-7,10H2,1-2H3. The summed E-state index contributed by atoms with van der Waals surface area (Å²) in [5, 5.41) is 0.565. The zero-order valence-electron chi connectivity index (χ0n) is 12.3. The third-order valence-corrected chi connectivity index (χ3v) is 3.36. The van der Waals surface area contributed by atoms with E-state index in [1.807, 2.05) is 0 Å². The number of fused-ring (bicyclic) bond motifs is 1. The lowest BCUT2D eigenvalue weighted by atomic mass is 10.1. The summed E-state index contributed by atoms with van der Waals surface area (Å²) >= 11 is 0. The fraction of sp³-hybridized carbons (Fsp3) is 0.438. The largest absolute Gasteiger partial charge is 0.333 e. The third kappa shape index (κ3) is 3.48. The van der Waals surface area contributed by atoms with Gasteiger partial charge in [0.15, 0.2) is 0 Å². The van der Waals surface area contributed by atoms with E-state index < -0.39 is 17.8 Å². The Bertz CT molecular complexity index is 530. The van der Waals surface area contributed by atoms with Crippen LogP contribution in [0.25, 0.3) is 0 Å². The zero-order chi connectivity index (χ0) is 15.4. The van der Waals surface area contributed by atoms with Crippen molar-refractivity contribution in [1.82, 2.24) is 5.06 Å². The second kappa shape index (κ2) is 6.52. The van der Waals surface area contributed by atoms with Gasteiger partial charge in [0.1, 0.15) is 0 Å². The van der Waals surface area contributed by atoms with Crippen molar-refractivity contribution in [3.05, 3.63) is 35.4 Å². The number of hydrogen-bond acceptors (Lipinski definition) is 4. The minimum absolute atomic E-state index is 0.208. The SMILES string of the molecule is CC(C)CCCCC(=O)ON1C(=O)c2ccccc2C1=O. The van der Waals surface area contributed by atoms with Gasteiger partial charge in [-0.1, -0.05) is 43.9 Å². The molecule has 1 aromatic carbocycles. The van der Waals surface area contributed by atoms with Gasteiger partial charge in [-0.15, -0.1) is 0 Å². The van der Waals surface area contributed by atoms with Crippen molar-refractivity contribution in [3.63, 3.8) is 0 Å². The predicted molar refractivity (Wildman–Crippen MR) is 76.3 cm³/mol. The molecule has 0 saturated heterocycles. The Morgan fingerprint density at radius 3 is 2.19 bits per heavy atom. The summed E-state index contributed by atoms with van der Waals surface area (Å²) in [7, 11) is 0. The van der Waals surface area contributed by atoms with Gasteiger partial charge < -0.3 is 4.84 Å². The molecule has 1 aliphatic rings. The number of amides is 2. The van der Waals surface area contributed by atoms with Gasteiger partial charge in [-0.05, 0) is 24.5 Å². The van der Waals surface area contributed by atoms with Crippen molar-refractivity contribution in [2.75, 3.05) is 0 Å². The number of hydrogen-bond donors (Lipinski definition) is 0. The van der Waals surface area contributed by atoms with Crippen LogP contribution in [0.2, 0.25) is 0 Å². The van der Waals surface area contributed by atoms with E-state index in [9.17, 15) is 14.4 Å². The summed E-state index contributed by atoms with van der Waals surface area (Å²) in [6.45, 7) is 4.24. The first kappa shape index (κ1) is 15.2. The molecular weight excluding hydrogens is 270 g/mol. The molecule has 5 nitrogen and oxygen atoms in total. The lowest BCUT2D eigenvalue weighted by Crippen LogP contribution is -2.32. The highest BCUT2D eigenvalue weighted by molar-refractivity contribution is 6.20. The van der Waals surface area contributed by atoms with Crippen molar-refractivity contribution >= 4 is 17.8 Å². The number of imide groups is 1. The number of unbranched alkanes of at least 4 members (excludes halogenated alkanes) is 1. The van der Waals surface area contributed by atoms with Crippen LogP contribution in [0.15, 0.2) is 24.3 Å².